The zero-order chi connectivity index (χ0) is 12.1. The van der Waals surface area contributed by atoms with Gasteiger partial charge in [0.15, 0.2) is 0 Å². The van der Waals surface area contributed by atoms with Gasteiger partial charge in [0, 0.05) is 17.7 Å². The van der Waals surface area contributed by atoms with E-state index < -0.39 is 0 Å². The maximum Gasteiger partial charge on any atom is 0.220 e. The van der Waals surface area contributed by atoms with Crippen molar-refractivity contribution < 1.29 is 4.79 Å². The first kappa shape index (κ1) is 13.2. The van der Waals surface area contributed by atoms with E-state index in [1.165, 1.54) is 0 Å². The third kappa shape index (κ3) is 4.31. The van der Waals surface area contributed by atoms with Gasteiger partial charge in [0.2, 0.25) is 5.91 Å². The SMILES string of the molecule is CC(C)CC(=O)NCc1csc(C(C)C)n1. The Kier molecular flexibility index (Phi) is 4.93. The molecule has 1 amide bonds. The van der Waals surface area contributed by atoms with Crippen LogP contribution in [0, 0.1) is 5.92 Å². The Balaban J connectivity index is 2.39. The van der Waals surface area contributed by atoms with Crippen LogP contribution in [0.25, 0.3) is 0 Å². The van der Waals surface area contributed by atoms with E-state index in [-0.39, 0.29) is 5.91 Å². The summed E-state index contributed by atoms with van der Waals surface area (Å²) in [5, 5.41) is 6.04. The van der Waals surface area contributed by atoms with Gasteiger partial charge in [-0.3, -0.25) is 4.79 Å². The van der Waals surface area contributed by atoms with Gasteiger partial charge < -0.3 is 5.32 Å². The van der Waals surface area contributed by atoms with Crippen molar-refractivity contribution in [3.63, 3.8) is 0 Å². The molecule has 0 aliphatic rings. The molecule has 16 heavy (non-hydrogen) atoms. The molecule has 0 saturated carbocycles. The van der Waals surface area contributed by atoms with Crippen molar-refractivity contribution in [3.8, 4) is 0 Å². The predicted octanol–water partition coefficient (Wildman–Crippen LogP) is 2.93. The molecule has 0 saturated heterocycles. The van der Waals surface area contributed by atoms with Crippen molar-refractivity contribution in [1.29, 1.82) is 0 Å². The molecule has 0 radical (unpaired) electrons. The van der Waals surface area contributed by atoms with Crippen molar-refractivity contribution in [2.45, 2.75) is 46.6 Å². The summed E-state index contributed by atoms with van der Waals surface area (Å²) in [6.07, 6.45) is 0.584. The summed E-state index contributed by atoms with van der Waals surface area (Å²) in [5.74, 6) is 0.973. The first-order valence-electron chi connectivity index (χ1n) is 5.70. The van der Waals surface area contributed by atoms with Gasteiger partial charge in [-0.05, 0) is 5.92 Å². The molecule has 1 aromatic heterocycles. The lowest BCUT2D eigenvalue weighted by Crippen LogP contribution is -2.24. The first-order chi connectivity index (χ1) is 7.49. The van der Waals surface area contributed by atoms with Crippen LogP contribution in [-0.4, -0.2) is 10.9 Å². The number of carbonyl (C=O) groups is 1. The second kappa shape index (κ2) is 5.99. The quantitative estimate of drug-likeness (QED) is 0.859. The lowest BCUT2D eigenvalue weighted by molar-refractivity contribution is -0.121. The van der Waals surface area contributed by atoms with Gasteiger partial charge in [-0.1, -0.05) is 27.7 Å². The number of carbonyl (C=O) groups excluding carboxylic acids is 1. The van der Waals surface area contributed by atoms with Gasteiger partial charge in [-0.2, -0.15) is 0 Å². The Morgan fingerprint density at radius 2 is 2.12 bits per heavy atom. The van der Waals surface area contributed by atoms with Crippen molar-refractivity contribution in [1.82, 2.24) is 10.3 Å². The summed E-state index contributed by atoms with van der Waals surface area (Å²) in [7, 11) is 0. The molecule has 1 rings (SSSR count). The fraction of sp³-hybridized carbons (Fsp3) is 0.667. The molecule has 90 valence electrons. The van der Waals surface area contributed by atoms with Gasteiger partial charge in [0.25, 0.3) is 0 Å². The number of rotatable bonds is 5. The van der Waals surface area contributed by atoms with E-state index in [1.807, 2.05) is 19.2 Å². The third-order valence-corrected chi connectivity index (χ3v) is 3.32. The van der Waals surface area contributed by atoms with Crippen LogP contribution in [0.15, 0.2) is 5.38 Å². The van der Waals surface area contributed by atoms with Crippen LogP contribution < -0.4 is 5.32 Å². The molecule has 0 atom stereocenters. The number of nitrogens with one attached hydrogen (secondary N) is 1. The van der Waals surface area contributed by atoms with E-state index in [1.54, 1.807) is 11.3 Å². The van der Waals surface area contributed by atoms with E-state index >= 15 is 0 Å². The first-order valence-corrected chi connectivity index (χ1v) is 6.58. The smallest absolute Gasteiger partial charge is 0.220 e. The summed E-state index contributed by atoms with van der Waals surface area (Å²) in [6, 6.07) is 0. The molecule has 0 bridgehead atoms. The summed E-state index contributed by atoms with van der Waals surface area (Å²) in [4.78, 5) is 15.9. The van der Waals surface area contributed by atoms with Crippen molar-refractivity contribution in [3.05, 3.63) is 16.1 Å². The van der Waals surface area contributed by atoms with Crippen molar-refractivity contribution in [2.24, 2.45) is 5.92 Å². The van der Waals surface area contributed by atoms with Gasteiger partial charge in [-0.15, -0.1) is 11.3 Å². The largest absolute Gasteiger partial charge is 0.350 e. The number of thiazole rings is 1. The number of hydrogen-bond donors (Lipinski definition) is 1. The maximum atomic E-state index is 11.4. The number of amides is 1. The topological polar surface area (TPSA) is 42.0 Å². The maximum absolute atomic E-state index is 11.4. The standard InChI is InChI=1S/C12H20N2OS/c1-8(2)5-11(15)13-6-10-7-16-12(14-10)9(3)4/h7-9H,5-6H2,1-4H3,(H,13,15). The molecule has 4 heteroatoms. The second-order valence-corrected chi connectivity index (χ2v) is 5.60. The Morgan fingerprint density at radius 3 is 2.62 bits per heavy atom. The van der Waals surface area contributed by atoms with Gasteiger partial charge in [0.05, 0.1) is 17.2 Å². The van der Waals surface area contributed by atoms with E-state index in [2.05, 4.69) is 24.1 Å². The molecule has 0 aliphatic heterocycles. The lowest BCUT2D eigenvalue weighted by atomic mass is 10.1. The third-order valence-electron chi connectivity index (χ3n) is 2.12. The van der Waals surface area contributed by atoms with Crippen molar-refractivity contribution >= 4 is 17.2 Å². The monoisotopic (exact) mass is 240 g/mol. The highest BCUT2D eigenvalue weighted by molar-refractivity contribution is 7.09. The molecule has 0 aromatic carbocycles. The molecular formula is C12H20N2OS. The minimum atomic E-state index is 0.106. The van der Waals surface area contributed by atoms with Crippen LogP contribution in [0.5, 0.6) is 0 Å². The molecule has 1 aromatic rings. The van der Waals surface area contributed by atoms with Crippen LogP contribution >= 0.6 is 11.3 Å². The minimum absolute atomic E-state index is 0.106. The molecule has 0 fully saturated rings. The molecule has 0 spiro atoms. The summed E-state index contributed by atoms with van der Waals surface area (Å²) < 4.78 is 0. The molecule has 0 unspecified atom stereocenters. The Hall–Kier alpha value is -0.900. The van der Waals surface area contributed by atoms with E-state index in [0.29, 0.717) is 24.8 Å². The summed E-state index contributed by atoms with van der Waals surface area (Å²) >= 11 is 1.66. The van der Waals surface area contributed by atoms with Gasteiger partial charge in [-0.25, -0.2) is 4.98 Å². The average molecular weight is 240 g/mol. The summed E-state index contributed by atoms with van der Waals surface area (Å²) in [5.41, 5.74) is 0.964. The van der Waals surface area contributed by atoms with Gasteiger partial charge >= 0.3 is 0 Å². The van der Waals surface area contributed by atoms with Crippen LogP contribution in [0.2, 0.25) is 0 Å². The van der Waals surface area contributed by atoms with Crippen LogP contribution in [0.1, 0.15) is 50.7 Å². The Labute approximate surface area is 101 Å². The van der Waals surface area contributed by atoms with Crippen LogP contribution in [-0.2, 0) is 11.3 Å². The predicted molar refractivity (Wildman–Crippen MR) is 67.5 cm³/mol. The Morgan fingerprint density at radius 1 is 1.44 bits per heavy atom. The molecule has 3 nitrogen and oxygen atoms in total. The average Bonchev–Trinajstić information content (AvgIpc) is 2.61. The number of hydrogen-bond acceptors (Lipinski definition) is 3. The van der Waals surface area contributed by atoms with E-state index in [4.69, 9.17) is 0 Å². The zero-order valence-electron chi connectivity index (χ0n) is 10.4. The molecule has 1 N–H and O–H groups in total. The van der Waals surface area contributed by atoms with E-state index in [9.17, 15) is 4.79 Å². The molecule has 0 aliphatic carbocycles. The lowest BCUT2D eigenvalue weighted by Gasteiger charge is -2.05. The van der Waals surface area contributed by atoms with Crippen LogP contribution in [0.4, 0.5) is 0 Å². The van der Waals surface area contributed by atoms with Crippen molar-refractivity contribution in [2.75, 3.05) is 0 Å². The highest BCUT2D eigenvalue weighted by atomic mass is 32.1. The highest BCUT2D eigenvalue weighted by Crippen LogP contribution is 2.18. The number of nitrogens with zero attached hydrogens (tertiary/aromatic N) is 1. The zero-order valence-corrected chi connectivity index (χ0v) is 11.2. The molecule has 1 heterocycles. The van der Waals surface area contributed by atoms with Crippen LogP contribution in [0.3, 0.4) is 0 Å². The highest BCUT2D eigenvalue weighted by Gasteiger charge is 2.08. The number of aromatic nitrogens is 1. The summed E-state index contributed by atoms with van der Waals surface area (Å²) in [6.45, 7) is 8.88. The molecular weight excluding hydrogens is 220 g/mol. The second-order valence-electron chi connectivity index (χ2n) is 4.71. The Bertz CT molecular complexity index is 345. The fourth-order valence-corrected chi connectivity index (χ4v) is 2.14. The normalized spacial score (nSPS) is 11.1. The van der Waals surface area contributed by atoms with E-state index in [0.717, 1.165) is 10.7 Å². The minimum Gasteiger partial charge on any atom is -0.350 e. The fourth-order valence-electron chi connectivity index (χ4n) is 1.30. The van der Waals surface area contributed by atoms with Gasteiger partial charge in [0.1, 0.15) is 0 Å².